The molecule has 0 amide bonds. The summed E-state index contributed by atoms with van der Waals surface area (Å²) in [6, 6.07) is 5.21. The molecule has 1 aromatic carbocycles. The summed E-state index contributed by atoms with van der Waals surface area (Å²) >= 11 is 0. The summed E-state index contributed by atoms with van der Waals surface area (Å²) in [5.41, 5.74) is 0.824. The van der Waals surface area contributed by atoms with Crippen LogP contribution in [0.2, 0.25) is 0 Å². The van der Waals surface area contributed by atoms with Crippen molar-refractivity contribution in [2.45, 2.75) is 33.0 Å². The van der Waals surface area contributed by atoms with Crippen LogP contribution >= 0.6 is 0 Å². The molecular formula is C12H18O3. The van der Waals surface area contributed by atoms with Gasteiger partial charge >= 0.3 is 0 Å². The smallest absolute Gasteiger partial charge is 0.160 e. The first-order chi connectivity index (χ1) is 6.92. The van der Waals surface area contributed by atoms with Gasteiger partial charge in [0.25, 0.3) is 0 Å². The molecule has 3 nitrogen and oxygen atoms in total. The van der Waals surface area contributed by atoms with Gasteiger partial charge in [0.1, 0.15) is 0 Å². The molecule has 3 heteroatoms. The van der Waals surface area contributed by atoms with Gasteiger partial charge in [0, 0.05) is 0 Å². The van der Waals surface area contributed by atoms with E-state index < -0.39 is 0 Å². The minimum absolute atomic E-state index is 0.150. The van der Waals surface area contributed by atoms with Gasteiger partial charge in [0.15, 0.2) is 11.5 Å². The Hall–Kier alpha value is -1.22. The van der Waals surface area contributed by atoms with Crippen molar-refractivity contribution in [2.75, 3.05) is 7.11 Å². The number of rotatable bonds is 3. The van der Waals surface area contributed by atoms with Crippen LogP contribution in [-0.2, 0) is 11.3 Å². The van der Waals surface area contributed by atoms with Gasteiger partial charge < -0.3 is 14.6 Å². The Morgan fingerprint density at radius 2 is 1.93 bits per heavy atom. The zero-order valence-corrected chi connectivity index (χ0v) is 9.70. The van der Waals surface area contributed by atoms with Gasteiger partial charge in [-0.1, -0.05) is 6.07 Å². The van der Waals surface area contributed by atoms with Crippen molar-refractivity contribution in [1.82, 2.24) is 0 Å². The summed E-state index contributed by atoms with van der Waals surface area (Å²) in [5, 5.41) is 9.40. The van der Waals surface area contributed by atoms with E-state index in [1.165, 1.54) is 7.11 Å². The van der Waals surface area contributed by atoms with Crippen LogP contribution in [0.4, 0.5) is 0 Å². The van der Waals surface area contributed by atoms with E-state index in [2.05, 4.69) is 0 Å². The third-order valence-electron chi connectivity index (χ3n) is 1.92. The molecule has 1 aromatic rings. The van der Waals surface area contributed by atoms with Crippen LogP contribution in [0.25, 0.3) is 0 Å². The number of hydrogen-bond donors (Lipinski definition) is 1. The molecule has 0 aliphatic rings. The lowest BCUT2D eigenvalue weighted by Gasteiger charge is -2.19. The van der Waals surface area contributed by atoms with Gasteiger partial charge in [-0.05, 0) is 38.5 Å². The molecule has 0 radical (unpaired) electrons. The molecule has 0 saturated carbocycles. The van der Waals surface area contributed by atoms with Crippen LogP contribution in [0.1, 0.15) is 26.3 Å². The quantitative estimate of drug-likeness (QED) is 0.833. The fraction of sp³-hybridized carbons (Fsp3) is 0.500. The van der Waals surface area contributed by atoms with Crippen LogP contribution < -0.4 is 4.74 Å². The first kappa shape index (κ1) is 11.9. The molecular weight excluding hydrogens is 192 g/mol. The fourth-order valence-corrected chi connectivity index (χ4v) is 1.11. The zero-order chi connectivity index (χ0) is 11.5. The molecule has 15 heavy (non-hydrogen) atoms. The highest BCUT2D eigenvalue weighted by molar-refractivity contribution is 5.41. The summed E-state index contributed by atoms with van der Waals surface area (Å²) in [7, 11) is 1.53. The lowest BCUT2D eigenvalue weighted by molar-refractivity contribution is -0.0150. The van der Waals surface area contributed by atoms with Crippen molar-refractivity contribution in [1.29, 1.82) is 0 Å². The lowest BCUT2D eigenvalue weighted by atomic mass is 10.1. The van der Waals surface area contributed by atoms with Gasteiger partial charge in [-0.3, -0.25) is 0 Å². The molecule has 0 aliphatic carbocycles. The van der Waals surface area contributed by atoms with Crippen molar-refractivity contribution in [2.24, 2.45) is 0 Å². The van der Waals surface area contributed by atoms with Crippen molar-refractivity contribution in [3.05, 3.63) is 23.8 Å². The molecule has 1 rings (SSSR count). The highest BCUT2D eigenvalue weighted by Gasteiger charge is 2.11. The molecule has 0 saturated heterocycles. The normalized spacial score (nSPS) is 11.5. The largest absolute Gasteiger partial charge is 0.504 e. The summed E-state index contributed by atoms with van der Waals surface area (Å²) in [6.45, 7) is 6.53. The molecule has 1 N–H and O–H groups in total. The minimum atomic E-state index is -0.162. The molecule has 0 aliphatic heterocycles. The number of methoxy groups -OCH3 is 1. The molecule has 0 spiro atoms. The average Bonchev–Trinajstić information content (AvgIpc) is 2.15. The summed E-state index contributed by atoms with van der Waals surface area (Å²) in [6.07, 6.45) is 0. The average molecular weight is 210 g/mol. The van der Waals surface area contributed by atoms with Gasteiger partial charge in [-0.15, -0.1) is 0 Å². The van der Waals surface area contributed by atoms with E-state index in [0.29, 0.717) is 12.4 Å². The highest BCUT2D eigenvalue weighted by atomic mass is 16.5. The molecule has 0 unspecified atom stereocenters. The van der Waals surface area contributed by atoms with Crippen molar-refractivity contribution < 1.29 is 14.6 Å². The van der Waals surface area contributed by atoms with Crippen molar-refractivity contribution >= 4 is 0 Å². The minimum Gasteiger partial charge on any atom is -0.504 e. The maximum Gasteiger partial charge on any atom is 0.160 e. The van der Waals surface area contributed by atoms with Crippen molar-refractivity contribution in [3.8, 4) is 11.5 Å². The molecule has 0 aromatic heterocycles. The summed E-state index contributed by atoms with van der Waals surface area (Å²) < 4.78 is 10.6. The summed E-state index contributed by atoms with van der Waals surface area (Å²) in [5.74, 6) is 0.627. The second-order valence-corrected chi connectivity index (χ2v) is 4.41. The second kappa shape index (κ2) is 4.53. The number of ether oxygens (including phenoxy) is 2. The monoisotopic (exact) mass is 210 g/mol. The third-order valence-corrected chi connectivity index (χ3v) is 1.92. The molecule has 0 bridgehead atoms. The van der Waals surface area contributed by atoms with Gasteiger partial charge in [-0.25, -0.2) is 0 Å². The van der Waals surface area contributed by atoms with Crippen LogP contribution in [0.3, 0.4) is 0 Å². The zero-order valence-electron chi connectivity index (χ0n) is 9.70. The van der Waals surface area contributed by atoms with E-state index in [4.69, 9.17) is 9.47 Å². The van der Waals surface area contributed by atoms with E-state index in [1.54, 1.807) is 12.1 Å². The maximum atomic E-state index is 9.40. The van der Waals surface area contributed by atoms with Crippen molar-refractivity contribution in [3.63, 3.8) is 0 Å². The predicted octanol–water partition coefficient (Wildman–Crippen LogP) is 2.72. The number of benzene rings is 1. The Morgan fingerprint density at radius 3 is 2.47 bits per heavy atom. The van der Waals surface area contributed by atoms with E-state index in [9.17, 15) is 5.11 Å². The Morgan fingerprint density at radius 1 is 1.27 bits per heavy atom. The van der Waals surface area contributed by atoms with Gasteiger partial charge in [0.2, 0.25) is 0 Å². The second-order valence-electron chi connectivity index (χ2n) is 4.41. The number of hydrogen-bond acceptors (Lipinski definition) is 3. The van der Waals surface area contributed by atoms with Crippen LogP contribution in [0.15, 0.2) is 18.2 Å². The van der Waals surface area contributed by atoms with Crippen LogP contribution in [-0.4, -0.2) is 17.8 Å². The Kier molecular flexibility index (Phi) is 3.58. The SMILES string of the molecule is COc1cc(COC(C)(C)C)ccc1O. The number of phenols is 1. The predicted molar refractivity (Wildman–Crippen MR) is 59.2 cm³/mol. The Bertz CT molecular complexity index is 326. The first-order valence-corrected chi connectivity index (χ1v) is 4.92. The highest BCUT2D eigenvalue weighted by Crippen LogP contribution is 2.27. The van der Waals surface area contributed by atoms with E-state index in [1.807, 2.05) is 26.8 Å². The molecule has 0 heterocycles. The Labute approximate surface area is 90.6 Å². The topological polar surface area (TPSA) is 38.7 Å². The van der Waals surface area contributed by atoms with Crippen LogP contribution in [0, 0.1) is 0 Å². The molecule has 0 fully saturated rings. The molecule has 0 atom stereocenters. The Balaban J connectivity index is 2.70. The van der Waals surface area contributed by atoms with E-state index in [0.717, 1.165) is 5.56 Å². The first-order valence-electron chi connectivity index (χ1n) is 4.92. The maximum absolute atomic E-state index is 9.40. The fourth-order valence-electron chi connectivity index (χ4n) is 1.11. The lowest BCUT2D eigenvalue weighted by Crippen LogP contribution is -2.18. The van der Waals surface area contributed by atoms with Crippen LogP contribution in [0.5, 0.6) is 11.5 Å². The van der Waals surface area contributed by atoms with Gasteiger partial charge in [0.05, 0.1) is 19.3 Å². The number of aromatic hydroxyl groups is 1. The standard InChI is InChI=1S/C12H18O3/c1-12(2,3)15-8-9-5-6-10(13)11(7-9)14-4/h5-7,13H,8H2,1-4H3. The summed E-state index contributed by atoms with van der Waals surface area (Å²) in [4.78, 5) is 0. The third kappa shape index (κ3) is 3.80. The van der Waals surface area contributed by atoms with E-state index >= 15 is 0 Å². The molecule has 84 valence electrons. The number of phenolic OH excluding ortho intramolecular Hbond substituents is 1. The van der Waals surface area contributed by atoms with E-state index in [-0.39, 0.29) is 11.4 Å². The van der Waals surface area contributed by atoms with Gasteiger partial charge in [-0.2, -0.15) is 0 Å².